The number of carbonyl (C=O) groups is 1. The van der Waals surface area contributed by atoms with Gasteiger partial charge in [0.25, 0.3) is 5.91 Å². The lowest BCUT2D eigenvalue weighted by molar-refractivity contribution is -0.123. The molecule has 1 N–H and O–H groups in total. The first-order chi connectivity index (χ1) is 11.5. The highest BCUT2D eigenvalue weighted by Gasteiger charge is 2.12. The average molecular weight is 328 g/mol. The minimum Gasteiger partial charge on any atom is -0.493 e. The molecule has 24 heavy (non-hydrogen) atoms. The lowest BCUT2D eigenvalue weighted by Crippen LogP contribution is -2.31. The summed E-state index contributed by atoms with van der Waals surface area (Å²) in [6.45, 7) is 1.60. The Morgan fingerprint density at radius 1 is 1.25 bits per heavy atom. The highest BCUT2D eigenvalue weighted by molar-refractivity contribution is 5.78. The maximum absolute atomic E-state index is 12.9. The van der Waals surface area contributed by atoms with Crippen molar-refractivity contribution in [1.29, 1.82) is 5.26 Å². The van der Waals surface area contributed by atoms with E-state index in [9.17, 15) is 9.18 Å². The summed E-state index contributed by atoms with van der Waals surface area (Å²) in [5.74, 6) is 0.112. The second-order valence-electron chi connectivity index (χ2n) is 5.11. The molecule has 0 bridgehead atoms. The van der Waals surface area contributed by atoms with Gasteiger partial charge in [-0.05, 0) is 36.8 Å². The van der Waals surface area contributed by atoms with E-state index >= 15 is 0 Å². The topological polar surface area (TPSA) is 71.3 Å². The van der Waals surface area contributed by atoms with E-state index in [-0.39, 0.29) is 24.4 Å². The van der Waals surface area contributed by atoms with Crippen LogP contribution in [-0.2, 0) is 4.79 Å². The highest BCUT2D eigenvalue weighted by atomic mass is 19.1. The molecule has 0 fully saturated rings. The second kappa shape index (κ2) is 7.97. The van der Waals surface area contributed by atoms with E-state index < -0.39 is 0 Å². The first-order valence-electron chi connectivity index (χ1n) is 7.29. The zero-order valence-corrected chi connectivity index (χ0v) is 13.4. The third-order valence-corrected chi connectivity index (χ3v) is 3.40. The largest absolute Gasteiger partial charge is 0.493 e. The number of hydrogen-bond donors (Lipinski definition) is 1. The third-order valence-electron chi connectivity index (χ3n) is 3.40. The molecule has 1 amide bonds. The number of carbonyl (C=O) groups excluding carboxylic acids is 1. The molecule has 2 aromatic carbocycles. The molecule has 0 spiro atoms. The molecule has 0 aromatic heterocycles. The Balaban J connectivity index is 1.93. The van der Waals surface area contributed by atoms with Crippen LogP contribution in [0, 0.1) is 17.1 Å². The molecule has 1 atom stereocenters. The Hall–Kier alpha value is -3.07. The maximum atomic E-state index is 12.9. The summed E-state index contributed by atoms with van der Waals surface area (Å²) in [4.78, 5) is 12.0. The minimum absolute atomic E-state index is 0.201. The van der Waals surface area contributed by atoms with Gasteiger partial charge < -0.3 is 14.8 Å². The van der Waals surface area contributed by atoms with Crippen LogP contribution in [0.4, 0.5) is 4.39 Å². The molecule has 2 rings (SSSR count). The van der Waals surface area contributed by atoms with Gasteiger partial charge in [0.2, 0.25) is 0 Å². The number of nitrogens with zero attached hydrogens (tertiary/aromatic N) is 1. The number of rotatable bonds is 6. The fourth-order valence-corrected chi connectivity index (χ4v) is 2.12. The van der Waals surface area contributed by atoms with Crippen LogP contribution in [0.2, 0.25) is 0 Å². The second-order valence-corrected chi connectivity index (χ2v) is 5.11. The lowest BCUT2D eigenvalue weighted by atomic mass is 10.1. The molecular weight excluding hydrogens is 311 g/mol. The molecule has 0 aliphatic carbocycles. The van der Waals surface area contributed by atoms with Gasteiger partial charge in [0.1, 0.15) is 5.82 Å². The number of methoxy groups -OCH3 is 1. The number of nitriles is 1. The van der Waals surface area contributed by atoms with Crippen molar-refractivity contribution in [3.05, 3.63) is 59.4 Å². The summed E-state index contributed by atoms with van der Waals surface area (Å²) in [6.07, 6.45) is 0. The van der Waals surface area contributed by atoms with Crippen molar-refractivity contribution in [3.63, 3.8) is 0 Å². The van der Waals surface area contributed by atoms with Gasteiger partial charge in [0.05, 0.1) is 24.8 Å². The highest BCUT2D eigenvalue weighted by Crippen LogP contribution is 2.27. The SMILES string of the molecule is COc1cc(C#N)ccc1OCC(=O)N[C@H](C)c1ccc(F)cc1. The van der Waals surface area contributed by atoms with Crippen LogP contribution in [0.25, 0.3) is 0 Å². The first kappa shape index (κ1) is 17.3. The number of ether oxygens (including phenoxy) is 2. The van der Waals surface area contributed by atoms with Gasteiger partial charge in [-0.15, -0.1) is 0 Å². The molecule has 124 valence electrons. The zero-order chi connectivity index (χ0) is 17.5. The Morgan fingerprint density at radius 3 is 2.58 bits per heavy atom. The van der Waals surface area contributed by atoms with E-state index in [2.05, 4.69) is 5.32 Å². The summed E-state index contributed by atoms with van der Waals surface area (Å²) >= 11 is 0. The van der Waals surface area contributed by atoms with Crippen LogP contribution in [0.5, 0.6) is 11.5 Å². The van der Waals surface area contributed by atoms with Gasteiger partial charge in [-0.25, -0.2) is 4.39 Å². The number of benzene rings is 2. The predicted octanol–water partition coefficient (Wildman–Crippen LogP) is 2.96. The van der Waals surface area contributed by atoms with Crippen molar-refractivity contribution >= 4 is 5.91 Å². The van der Waals surface area contributed by atoms with Crippen LogP contribution < -0.4 is 14.8 Å². The Morgan fingerprint density at radius 2 is 1.96 bits per heavy atom. The van der Waals surface area contributed by atoms with E-state index in [1.165, 1.54) is 25.3 Å². The van der Waals surface area contributed by atoms with Gasteiger partial charge in [0, 0.05) is 6.07 Å². The average Bonchev–Trinajstić information content (AvgIpc) is 2.60. The lowest BCUT2D eigenvalue weighted by Gasteiger charge is -2.15. The summed E-state index contributed by atoms with van der Waals surface area (Å²) in [6, 6.07) is 12.3. The number of amides is 1. The van der Waals surface area contributed by atoms with Crippen LogP contribution in [0.3, 0.4) is 0 Å². The molecule has 0 aliphatic heterocycles. The van der Waals surface area contributed by atoms with Gasteiger partial charge >= 0.3 is 0 Å². The molecule has 5 nitrogen and oxygen atoms in total. The molecule has 0 saturated carbocycles. The maximum Gasteiger partial charge on any atom is 0.258 e. The van der Waals surface area contributed by atoms with Gasteiger partial charge in [-0.3, -0.25) is 4.79 Å². The Labute approximate surface area is 139 Å². The van der Waals surface area contributed by atoms with Crippen molar-refractivity contribution in [3.8, 4) is 17.6 Å². The van der Waals surface area contributed by atoms with E-state index in [1.807, 2.05) is 6.07 Å². The summed E-state index contributed by atoms with van der Waals surface area (Å²) in [7, 11) is 1.46. The molecule has 0 unspecified atom stereocenters. The molecule has 0 saturated heterocycles. The quantitative estimate of drug-likeness (QED) is 0.885. The Kier molecular flexibility index (Phi) is 5.74. The first-order valence-corrected chi connectivity index (χ1v) is 7.29. The van der Waals surface area contributed by atoms with Crippen LogP contribution in [0.1, 0.15) is 24.1 Å². The van der Waals surface area contributed by atoms with Crippen molar-refractivity contribution in [2.24, 2.45) is 0 Å². The number of hydrogen-bond acceptors (Lipinski definition) is 4. The normalized spacial score (nSPS) is 11.2. The van der Waals surface area contributed by atoms with Gasteiger partial charge in [0.15, 0.2) is 18.1 Å². The third kappa shape index (κ3) is 4.46. The van der Waals surface area contributed by atoms with Crippen molar-refractivity contribution in [1.82, 2.24) is 5.32 Å². The minimum atomic E-state index is -0.325. The fourth-order valence-electron chi connectivity index (χ4n) is 2.12. The smallest absolute Gasteiger partial charge is 0.258 e. The van der Waals surface area contributed by atoms with E-state index in [4.69, 9.17) is 14.7 Å². The van der Waals surface area contributed by atoms with Gasteiger partial charge in [-0.2, -0.15) is 5.26 Å². The van der Waals surface area contributed by atoms with E-state index in [0.29, 0.717) is 17.1 Å². The number of nitrogens with one attached hydrogen (secondary N) is 1. The number of halogens is 1. The molecule has 0 radical (unpaired) electrons. The van der Waals surface area contributed by atoms with E-state index in [0.717, 1.165) is 5.56 Å². The van der Waals surface area contributed by atoms with Crippen molar-refractivity contribution in [2.75, 3.05) is 13.7 Å². The fraction of sp³-hybridized carbons (Fsp3) is 0.222. The zero-order valence-electron chi connectivity index (χ0n) is 13.4. The molecule has 2 aromatic rings. The van der Waals surface area contributed by atoms with Crippen LogP contribution in [0.15, 0.2) is 42.5 Å². The standard InChI is InChI=1S/C18H17FN2O3/c1-12(14-4-6-15(19)7-5-14)21-18(22)11-24-16-8-3-13(10-20)9-17(16)23-2/h3-9,12H,11H2,1-2H3,(H,21,22)/t12-/m1/s1. The van der Waals surface area contributed by atoms with Crippen LogP contribution in [-0.4, -0.2) is 19.6 Å². The Bertz CT molecular complexity index is 754. The van der Waals surface area contributed by atoms with Crippen LogP contribution >= 0.6 is 0 Å². The van der Waals surface area contributed by atoms with E-state index in [1.54, 1.807) is 31.2 Å². The van der Waals surface area contributed by atoms with Crippen molar-refractivity contribution < 1.29 is 18.7 Å². The molecule has 0 aliphatic rings. The predicted molar refractivity (Wildman–Crippen MR) is 86.2 cm³/mol. The van der Waals surface area contributed by atoms with Crippen molar-refractivity contribution in [2.45, 2.75) is 13.0 Å². The summed E-state index contributed by atoms with van der Waals surface area (Å²) in [5, 5.41) is 11.6. The molecular formula is C18H17FN2O3. The summed E-state index contributed by atoms with van der Waals surface area (Å²) in [5.41, 5.74) is 1.23. The molecule has 6 heteroatoms. The molecule has 0 heterocycles. The monoisotopic (exact) mass is 328 g/mol. The van der Waals surface area contributed by atoms with Gasteiger partial charge in [-0.1, -0.05) is 12.1 Å². The summed E-state index contributed by atoms with van der Waals surface area (Å²) < 4.78 is 23.5.